The lowest BCUT2D eigenvalue weighted by molar-refractivity contribution is 0.0995. The third-order valence-corrected chi connectivity index (χ3v) is 7.18. The van der Waals surface area contributed by atoms with E-state index in [2.05, 4.69) is 42.7 Å². The zero-order valence-electron chi connectivity index (χ0n) is 19.9. The van der Waals surface area contributed by atoms with Crippen molar-refractivity contribution in [3.63, 3.8) is 0 Å². The summed E-state index contributed by atoms with van der Waals surface area (Å²) in [6.45, 7) is 8.60. The minimum atomic E-state index is -0.515. The Kier molecular flexibility index (Phi) is 6.94. The summed E-state index contributed by atoms with van der Waals surface area (Å²) in [5.41, 5.74) is 9.59. The highest BCUT2D eigenvalue weighted by Gasteiger charge is 2.31. The monoisotopic (exact) mass is 531 g/mol. The number of nitrogens with zero attached hydrogens (tertiary/aromatic N) is 5. The fraction of sp³-hybridized carbons (Fsp3) is 0.478. The predicted octanol–water partition coefficient (Wildman–Crippen LogP) is 3.48. The van der Waals surface area contributed by atoms with E-state index in [1.54, 1.807) is 17.9 Å². The smallest absolute Gasteiger partial charge is 0.277 e. The average molecular weight is 532 g/mol. The molecule has 0 bridgehead atoms. The fourth-order valence-corrected chi connectivity index (χ4v) is 5.02. The van der Waals surface area contributed by atoms with Gasteiger partial charge in [-0.15, -0.1) is 0 Å². The molecule has 0 radical (unpaired) electrons. The Labute approximate surface area is 206 Å². The number of carbonyl (C=O) groups is 2. The van der Waals surface area contributed by atoms with E-state index in [0.29, 0.717) is 40.3 Å². The van der Waals surface area contributed by atoms with Crippen LogP contribution in [-0.2, 0) is 11.3 Å². The van der Waals surface area contributed by atoms with Gasteiger partial charge >= 0.3 is 0 Å². The Bertz CT molecular complexity index is 1250. The molecule has 1 aromatic carbocycles. The quantitative estimate of drug-likeness (QED) is 0.407. The molecule has 0 spiro atoms. The summed E-state index contributed by atoms with van der Waals surface area (Å²) >= 11 is 3.50. The zero-order valence-corrected chi connectivity index (χ0v) is 21.5. The van der Waals surface area contributed by atoms with Crippen LogP contribution in [-0.4, -0.2) is 58.0 Å². The van der Waals surface area contributed by atoms with Gasteiger partial charge in [0.1, 0.15) is 5.69 Å². The van der Waals surface area contributed by atoms with Crippen LogP contribution in [0, 0.1) is 6.92 Å². The van der Waals surface area contributed by atoms with Crippen molar-refractivity contribution in [3.05, 3.63) is 33.6 Å². The van der Waals surface area contributed by atoms with Crippen LogP contribution in [0.3, 0.4) is 0 Å². The SMILES string of the molecule is CC[C@H]1CN(CCCOC)c2cc(C(N)=O)cc3nc(NC(=O)c4c(Br)c(C)nn4CC)n1c23. The molecular formula is C23H30BrN7O3. The van der Waals surface area contributed by atoms with E-state index in [1.165, 1.54) is 0 Å². The molecule has 10 nitrogen and oxygen atoms in total. The summed E-state index contributed by atoms with van der Waals surface area (Å²) in [6.07, 6.45) is 1.70. The van der Waals surface area contributed by atoms with Gasteiger partial charge in [-0.05, 0) is 54.8 Å². The van der Waals surface area contributed by atoms with Gasteiger partial charge in [0.15, 0.2) is 0 Å². The van der Waals surface area contributed by atoms with Crippen LogP contribution in [0.5, 0.6) is 0 Å². The molecule has 1 atom stereocenters. The normalized spacial score (nSPS) is 15.2. The molecule has 1 aliphatic rings. The number of methoxy groups -OCH3 is 1. The number of primary amides is 1. The molecule has 0 fully saturated rings. The first kappa shape index (κ1) is 24.2. The number of amides is 2. The number of anilines is 2. The summed E-state index contributed by atoms with van der Waals surface area (Å²) < 4.78 is 9.64. The fourth-order valence-electron chi connectivity index (χ4n) is 4.56. The molecule has 3 N–H and O–H groups in total. The maximum atomic E-state index is 13.3. The van der Waals surface area contributed by atoms with Crippen LogP contribution in [0.25, 0.3) is 11.0 Å². The number of benzene rings is 1. The van der Waals surface area contributed by atoms with Gasteiger partial charge in [0, 0.05) is 38.9 Å². The Morgan fingerprint density at radius 2 is 2.09 bits per heavy atom. The number of rotatable bonds is 9. The van der Waals surface area contributed by atoms with Crippen molar-refractivity contribution in [3.8, 4) is 0 Å². The van der Waals surface area contributed by atoms with Crippen LogP contribution < -0.4 is 16.0 Å². The first-order valence-corrected chi connectivity index (χ1v) is 12.2. The second-order valence-corrected chi connectivity index (χ2v) is 9.20. The highest BCUT2D eigenvalue weighted by molar-refractivity contribution is 9.10. The van der Waals surface area contributed by atoms with E-state index in [1.807, 2.05) is 19.9 Å². The Morgan fingerprint density at radius 3 is 2.74 bits per heavy atom. The third kappa shape index (κ3) is 4.18. The lowest BCUT2D eigenvalue weighted by atomic mass is 10.1. The minimum Gasteiger partial charge on any atom is -0.385 e. The van der Waals surface area contributed by atoms with Crippen LogP contribution in [0.2, 0.25) is 0 Å². The number of nitrogens with one attached hydrogen (secondary N) is 1. The number of carbonyl (C=O) groups excluding carboxylic acids is 2. The van der Waals surface area contributed by atoms with Crippen molar-refractivity contribution in [1.82, 2.24) is 19.3 Å². The molecule has 11 heteroatoms. The van der Waals surface area contributed by atoms with Gasteiger partial charge in [-0.25, -0.2) is 4.98 Å². The van der Waals surface area contributed by atoms with Crippen molar-refractivity contribution >= 4 is 50.4 Å². The van der Waals surface area contributed by atoms with E-state index in [0.717, 1.165) is 42.8 Å². The molecule has 34 heavy (non-hydrogen) atoms. The van der Waals surface area contributed by atoms with Gasteiger partial charge < -0.3 is 19.9 Å². The van der Waals surface area contributed by atoms with Gasteiger partial charge in [0.2, 0.25) is 11.9 Å². The number of ether oxygens (including phenoxy) is 1. The van der Waals surface area contributed by atoms with E-state index < -0.39 is 5.91 Å². The summed E-state index contributed by atoms with van der Waals surface area (Å²) in [5, 5.41) is 7.43. The van der Waals surface area contributed by atoms with Gasteiger partial charge in [0.25, 0.3) is 5.91 Å². The number of aryl methyl sites for hydroxylation is 2. The first-order valence-electron chi connectivity index (χ1n) is 11.4. The largest absolute Gasteiger partial charge is 0.385 e. The van der Waals surface area contributed by atoms with E-state index in [4.69, 9.17) is 15.5 Å². The molecule has 0 aliphatic carbocycles. The maximum Gasteiger partial charge on any atom is 0.277 e. The third-order valence-electron chi connectivity index (χ3n) is 6.23. The molecule has 2 aromatic heterocycles. The molecule has 0 saturated heterocycles. The number of imidazole rings is 1. The van der Waals surface area contributed by atoms with E-state index in [-0.39, 0.29) is 11.9 Å². The van der Waals surface area contributed by atoms with Gasteiger partial charge in [-0.1, -0.05) is 6.92 Å². The molecule has 4 rings (SSSR count). The lowest BCUT2D eigenvalue weighted by Crippen LogP contribution is -2.37. The molecule has 3 aromatic rings. The zero-order chi connectivity index (χ0) is 24.6. The number of hydrogen-bond donors (Lipinski definition) is 2. The number of nitrogens with two attached hydrogens (primary N) is 1. The highest BCUT2D eigenvalue weighted by Crippen LogP contribution is 2.39. The lowest BCUT2D eigenvalue weighted by Gasteiger charge is -2.36. The van der Waals surface area contributed by atoms with Crippen LogP contribution in [0.1, 0.15) is 59.3 Å². The number of hydrogen-bond acceptors (Lipinski definition) is 6. The maximum absolute atomic E-state index is 13.3. The van der Waals surface area contributed by atoms with Gasteiger partial charge in [-0.2, -0.15) is 5.10 Å². The summed E-state index contributed by atoms with van der Waals surface area (Å²) in [6, 6.07) is 3.60. The molecule has 2 amide bonds. The summed E-state index contributed by atoms with van der Waals surface area (Å²) in [4.78, 5) is 32.4. The predicted molar refractivity (Wildman–Crippen MR) is 135 cm³/mol. The van der Waals surface area contributed by atoms with E-state index in [9.17, 15) is 9.59 Å². The molecule has 0 saturated carbocycles. The van der Waals surface area contributed by atoms with Gasteiger partial charge in [-0.3, -0.25) is 19.6 Å². The average Bonchev–Trinajstić information content (AvgIpc) is 3.32. The highest BCUT2D eigenvalue weighted by atomic mass is 79.9. The van der Waals surface area contributed by atoms with Crippen LogP contribution in [0.4, 0.5) is 11.6 Å². The molecule has 3 heterocycles. The van der Waals surface area contributed by atoms with Gasteiger partial charge in [0.05, 0.1) is 32.9 Å². The molecule has 1 aliphatic heterocycles. The van der Waals surface area contributed by atoms with E-state index >= 15 is 0 Å². The van der Waals surface area contributed by atoms with Crippen molar-refractivity contribution < 1.29 is 14.3 Å². The second kappa shape index (κ2) is 9.75. The van der Waals surface area contributed by atoms with Crippen molar-refractivity contribution in [2.45, 2.75) is 46.2 Å². The molecule has 182 valence electrons. The van der Waals surface area contributed by atoms with Crippen LogP contribution >= 0.6 is 15.9 Å². The van der Waals surface area contributed by atoms with Crippen molar-refractivity contribution in [2.75, 3.05) is 37.0 Å². The topological polar surface area (TPSA) is 120 Å². The van der Waals surface area contributed by atoms with Crippen molar-refractivity contribution in [2.24, 2.45) is 5.73 Å². The Morgan fingerprint density at radius 1 is 1.32 bits per heavy atom. The number of halogens is 1. The van der Waals surface area contributed by atoms with Crippen molar-refractivity contribution in [1.29, 1.82) is 0 Å². The van der Waals surface area contributed by atoms with Crippen LogP contribution in [0.15, 0.2) is 16.6 Å². The Balaban J connectivity index is 1.82. The minimum absolute atomic E-state index is 0.0936. The standard InChI is InChI=1S/C23H30BrN7O3/c1-5-15-12-29(8-7-9-34-4)17-11-14(21(25)32)10-16-19(17)31(15)23(26-16)27-22(33)20-18(24)13(3)28-30(20)6-2/h10-11,15H,5-9,12H2,1-4H3,(H2,25,32)(H,26,27,33)/t15-/m0/s1. The molecule has 0 unspecified atom stereocenters. The Hall–Kier alpha value is -2.92. The number of aromatic nitrogens is 4. The molecular weight excluding hydrogens is 502 g/mol. The summed E-state index contributed by atoms with van der Waals surface area (Å²) in [7, 11) is 1.69. The second-order valence-electron chi connectivity index (χ2n) is 8.41. The first-order chi connectivity index (χ1) is 16.3. The summed E-state index contributed by atoms with van der Waals surface area (Å²) in [5.74, 6) is -0.367.